The molecule has 1 saturated heterocycles. The number of nitrogens with one attached hydrogen (secondary N) is 1. The number of pyridine rings is 2. The van der Waals surface area contributed by atoms with Crippen LogP contribution in [0.5, 0.6) is 0 Å². The van der Waals surface area contributed by atoms with Crippen LogP contribution in [-0.4, -0.2) is 64.9 Å². The number of carbonyl (C=O) groups excluding carboxylic acids is 1. The minimum atomic E-state index is -1.06. The largest absolute Gasteiger partial charge is 0.383 e. The fraction of sp³-hybridized carbons (Fsp3) is 0.281. The zero-order valence-corrected chi connectivity index (χ0v) is 23.8. The zero-order chi connectivity index (χ0) is 29.7. The minimum absolute atomic E-state index is 0.0567. The van der Waals surface area contributed by atoms with Crippen LogP contribution in [0.2, 0.25) is 0 Å². The Hall–Kier alpha value is -4.90. The maximum atomic E-state index is 15.6. The Morgan fingerprint density at radius 1 is 1.16 bits per heavy atom. The highest BCUT2D eigenvalue weighted by Crippen LogP contribution is 2.38. The molecule has 218 valence electrons. The Labute approximate surface area is 248 Å². The highest BCUT2D eigenvalue weighted by atomic mass is 19.1. The molecule has 0 spiro atoms. The number of carbonyl (C=O) groups is 1. The number of benzene rings is 1. The Balaban J connectivity index is 1.25. The lowest BCUT2D eigenvalue weighted by Crippen LogP contribution is -2.50. The van der Waals surface area contributed by atoms with Crippen molar-refractivity contribution in [2.24, 2.45) is 0 Å². The molecule has 7 rings (SSSR count). The molecular weight excluding hydrogens is 545 g/mol. The van der Waals surface area contributed by atoms with Crippen molar-refractivity contribution in [1.82, 2.24) is 39.5 Å². The minimum Gasteiger partial charge on any atom is -0.383 e. The number of nitrogens with two attached hydrogens (primary N) is 1. The molecule has 2 aliphatic rings. The molecule has 1 aromatic carbocycles. The second-order valence-electron chi connectivity index (χ2n) is 11.2. The third kappa shape index (κ3) is 4.75. The number of anilines is 1. The first kappa shape index (κ1) is 27.0. The van der Waals surface area contributed by atoms with Gasteiger partial charge in [0.05, 0.1) is 11.6 Å². The second-order valence-corrected chi connectivity index (χ2v) is 11.2. The average molecular weight is 578 g/mol. The number of rotatable bonds is 6. The van der Waals surface area contributed by atoms with Crippen LogP contribution in [0.4, 0.5) is 10.2 Å². The number of fused-ring (bicyclic) bond motifs is 2. The molecule has 3 unspecified atom stereocenters. The average Bonchev–Trinajstić information content (AvgIpc) is 3.74. The van der Waals surface area contributed by atoms with Crippen molar-refractivity contribution < 1.29 is 9.18 Å². The van der Waals surface area contributed by atoms with E-state index in [2.05, 4.69) is 22.0 Å². The van der Waals surface area contributed by atoms with Crippen molar-refractivity contribution in [3.8, 4) is 22.9 Å². The summed E-state index contributed by atoms with van der Waals surface area (Å²) >= 11 is 0. The Bertz CT molecular complexity index is 1830. The summed E-state index contributed by atoms with van der Waals surface area (Å²) in [7, 11) is 0. The van der Waals surface area contributed by atoms with E-state index in [1.807, 2.05) is 71.1 Å². The first-order valence-electron chi connectivity index (χ1n) is 14.5. The number of likely N-dealkylation sites (tertiary alicyclic amines) is 1. The standard InChI is InChI=1S/C32H32FN9O/c1-3-28(43)40-15-11-21(16-19(40)2)37-29-23-8-7-22(17-20(23)18-25(29)33)42-31(24-6-4-12-35-30(24)34)38-26-9-10-27(39-32(26)42)41-14-5-13-36-41/h3-10,12-14,17,19,21,25,29,37H,1,11,15-16,18H2,2H3,(H2,34,35)/t19-,21?,25?,29?/m1/s1. The smallest absolute Gasteiger partial charge is 0.246 e. The fourth-order valence-electron chi connectivity index (χ4n) is 6.46. The van der Waals surface area contributed by atoms with E-state index in [1.165, 1.54) is 6.08 Å². The van der Waals surface area contributed by atoms with Gasteiger partial charge in [0.1, 0.15) is 17.5 Å². The molecule has 1 aliphatic heterocycles. The first-order chi connectivity index (χ1) is 20.9. The molecule has 4 aromatic heterocycles. The highest BCUT2D eigenvalue weighted by Gasteiger charge is 2.36. The molecule has 1 fully saturated rings. The van der Waals surface area contributed by atoms with Gasteiger partial charge in [0.2, 0.25) is 5.91 Å². The van der Waals surface area contributed by atoms with Gasteiger partial charge in [-0.15, -0.1) is 0 Å². The Kier molecular flexibility index (Phi) is 6.73. The predicted molar refractivity (Wildman–Crippen MR) is 163 cm³/mol. The molecule has 43 heavy (non-hydrogen) atoms. The summed E-state index contributed by atoms with van der Waals surface area (Å²) in [5.74, 6) is 1.55. The van der Waals surface area contributed by atoms with Crippen molar-refractivity contribution in [3.05, 3.63) is 90.9 Å². The van der Waals surface area contributed by atoms with Crippen LogP contribution in [0.3, 0.4) is 0 Å². The highest BCUT2D eigenvalue weighted by molar-refractivity contribution is 5.87. The van der Waals surface area contributed by atoms with Crippen molar-refractivity contribution in [1.29, 1.82) is 0 Å². The lowest BCUT2D eigenvalue weighted by atomic mass is 9.96. The Morgan fingerprint density at radius 2 is 2.05 bits per heavy atom. The van der Waals surface area contributed by atoms with E-state index < -0.39 is 12.2 Å². The number of imidazole rings is 1. The van der Waals surface area contributed by atoms with Crippen LogP contribution in [0.25, 0.3) is 34.1 Å². The number of amides is 1. The summed E-state index contributed by atoms with van der Waals surface area (Å²) < 4.78 is 19.3. The molecule has 4 atom stereocenters. The van der Waals surface area contributed by atoms with Crippen LogP contribution in [0, 0.1) is 0 Å². The summed E-state index contributed by atoms with van der Waals surface area (Å²) in [5, 5.41) is 7.91. The van der Waals surface area contributed by atoms with Gasteiger partial charge in [0.15, 0.2) is 17.3 Å². The van der Waals surface area contributed by atoms with Crippen molar-refractivity contribution in [2.45, 2.75) is 50.5 Å². The van der Waals surface area contributed by atoms with E-state index in [0.717, 1.165) is 29.7 Å². The number of nitrogen functional groups attached to an aromatic ring is 1. The number of nitrogens with zero attached hydrogens (tertiary/aromatic N) is 7. The van der Waals surface area contributed by atoms with Crippen LogP contribution in [0.15, 0.2) is 79.8 Å². The first-order valence-corrected chi connectivity index (χ1v) is 14.5. The molecule has 10 nitrogen and oxygen atoms in total. The number of piperidine rings is 1. The third-order valence-electron chi connectivity index (χ3n) is 8.55. The molecule has 1 amide bonds. The zero-order valence-electron chi connectivity index (χ0n) is 23.8. The van der Waals surface area contributed by atoms with Gasteiger partial charge in [-0.05, 0) is 79.4 Å². The van der Waals surface area contributed by atoms with Crippen LogP contribution < -0.4 is 11.1 Å². The molecule has 5 aromatic rings. The lowest BCUT2D eigenvalue weighted by molar-refractivity contribution is -0.129. The van der Waals surface area contributed by atoms with E-state index in [-0.39, 0.29) is 18.0 Å². The maximum absolute atomic E-state index is 15.6. The van der Waals surface area contributed by atoms with Gasteiger partial charge in [-0.25, -0.2) is 24.0 Å². The van der Waals surface area contributed by atoms with Crippen LogP contribution >= 0.6 is 0 Å². The summed E-state index contributed by atoms with van der Waals surface area (Å²) in [5.41, 5.74) is 11.0. The van der Waals surface area contributed by atoms with Crippen molar-refractivity contribution in [2.75, 3.05) is 12.3 Å². The molecule has 5 heterocycles. The number of hydrogen-bond donors (Lipinski definition) is 2. The summed E-state index contributed by atoms with van der Waals surface area (Å²) in [6.07, 6.45) is 7.30. The number of halogens is 1. The topological polar surface area (TPSA) is 120 Å². The van der Waals surface area contributed by atoms with Crippen LogP contribution in [-0.2, 0) is 11.2 Å². The van der Waals surface area contributed by atoms with E-state index >= 15 is 4.39 Å². The van der Waals surface area contributed by atoms with Crippen LogP contribution in [0.1, 0.15) is 36.9 Å². The lowest BCUT2D eigenvalue weighted by Gasteiger charge is -2.38. The molecular formula is C32H32FN9O. The van der Waals surface area contributed by atoms with Gasteiger partial charge in [-0.1, -0.05) is 12.6 Å². The second kappa shape index (κ2) is 10.7. The molecule has 0 radical (unpaired) electrons. The third-order valence-corrected chi connectivity index (χ3v) is 8.55. The molecule has 11 heteroatoms. The quantitative estimate of drug-likeness (QED) is 0.288. The summed E-state index contributed by atoms with van der Waals surface area (Å²) in [6, 6.07) is 15.1. The molecule has 0 saturated carbocycles. The molecule has 0 bridgehead atoms. The Morgan fingerprint density at radius 3 is 2.81 bits per heavy atom. The van der Waals surface area contributed by atoms with E-state index in [0.29, 0.717) is 47.2 Å². The number of hydrogen-bond acceptors (Lipinski definition) is 7. The van der Waals surface area contributed by atoms with Crippen molar-refractivity contribution in [3.63, 3.8) is 0 Å². The van der Waals surface area contributed by atoms with E-state index in [9.17, 15) is 4.79 Å². The number of alkyl halides is 1. The van der Waals surface area contributed by atoms with Gasteiger partial charge in [0.25, 0.3) is 0 Å². The normalized spacial score (nSPS) is 21.7. The van der Waals surface area contributed by atoms with Gasteiger partial charge >= 0.3 is 0 Å². The van der Waals surface area contributed by atoms with Gasteiger partial charge in [-0.2, -0.15) is 5.10 Å². The van der Waals surface area contributed by atoms with Crippen molar-refractivity contribution >= 4 is 22.9 Å². The monoisotopic (exact) mass is 577 g/mol. The van der Waals surface area contributed by atoms with E-state index in [4.69, 9.17) is 15.7 Å². The maximum Gasteiger partial charge on any atom is 0.246 e. The van der Waals surface area contributed by atoms with Gasteiger partial charge in [-0.3, -0.25) is 9.36 Å². The van der Waals surface area contributed by atoms with Gasteiger partial charge < -0.3 is 16.0 Å². The van der Waals surface area contributed by atoms with E-state index in [1.54, 1.807) is 17.1 Å². The SMILES string of the molecule is C=CC(=O)N1CCC(NC2c3ccc(-n4c(-c5cccnc5N)nc5ccc(-n6cccn6)nc54)cc3CC2F)C[C@H]1C. The predicted octanol–water partition coefficient (Wildman–Crippen LogP) is 4.34. The summed E-state index contributed by atoms with van der Waals surface area (Å²) in [4.78, 5) is 28.1. The molecule has 3 N–H and O–H groups in total. The summed E-state index contributed by atoms with van der Waals surface area (Å²) in [6.45, 7) is 6.27. The molecule has 1 aliphatic carbocycles. The van der Waals surface area contributed by atoms with Gasteiger partial charge in [0, 0.05) is 49.3 Å². The fourth-order valence-corrected chi connectivity index (χ4v) is 6.46. The number of aromatic nitrogens is 6.